The highest BCUT2D eigenvalue weighted by molar-refractivity contribution is 6.34. The maximum Gasteiger partial charge on any atom is 0.408 e. The molecule has 2 aromatic rings. The molecular formula is C29H36ClN3O5. The van der Waals surface area contributed by atoms with Crippen molar-refractivity contribution in [3.05, 3.63) is 57.6 Å². The summed E-state index contributed by atoms with van der Waals surface area (Å²) in [5.74, 6) is 0.454. The van der Waals surface area contributed by atoms with E-state index in [-0.39, 0.29) is 30.3 Å². The van der Waals surface area contributed by atoms with Crippen LogP contribution in [0, 0.1) is 12.8 Å². The molecule has 0 bridgehead atoms. The van der Waals surface area contributed by atoms with Gasteiger partial charge in [-0.25, -0.2) is 4.79 Å². The molecule has 38 heavy (non-hydrogen) atoms. The van der Waals surface area contributed by atoms with Gasteiger partial charge in [0.2, 0.25) is 5.91 Å². The van der Waals surface area contributed by atoms with Gasteiger partial charge in [0.05, 0.1) is 17.7 Å². The van der Waals surface area contributed by atoms with Gasteiger partial charge < -0.3 is 20.1 Å². The van der Waals surface area contributed by atoms with Crippen LogP contribution in [-0.4, -0.2) is 51.5 Å². The van der Waals surface area contributed by atoms with Gasteiger partial charge >= 0.3 is 6.09 Å². The third-order valence-corrected chi connectivity index (χ3v) is 8.03. The van der Waals surface area contributed by atoms with Crippen molar-refractivity contribution in [3.8, 4) is 5.75 Å². The maximum absolute atomic E-state index is 13.5. The Morgan fingerprint density at radius 2 is 1.84 bits per heavy atom. The Morgan fingerprint density at radius 1 is 1.16 bits per heavy atom. The molecule has 9 heteroatoms. The minimum absolute atomic E-state index is 0.000489. The van der Waals surface area contributed by atoms with E-state index in [1.165, 1.54) is 4.90 Å². The predicted molar refractivity (Wildman–Crippen MR) is 147 cm³/mol. The van der Waals surface area contributed by atoms with Crippen molar-refractivity contribution < 1.29 is 24.2 Å². The second-order valence-electron chi connectivity index (χ2n) is 11.2. The van der Waals surface area contributed by atoms with Crippen LogP contribution in [0.2, 0.25) is 5.02 Å². The van der Waals surface area contributed by atoms with Crippen molar-refractivity contribution in [2.45, 2.75) is 78.0 Å². The van der Waals surface area contributed by atoms with Gasteiger partial charge in [-0.15, -0.1) is 0 Å². The third kappa shape index (κ3) is 5.60. The van der Waals surface area contributed by atoms with Gasteiger partial charge in [0, 0.05) is 42.3 Å². The number of benzene rings is 2. The largest absolute Gasteiger partial charge is 0.496 e. The van der Waals surface area contributed by atoms with Gasteiger partial charge in [0.1, 0.15) is 5.75 Å². The van der Waals surface area contributed by atoms with Gasteiger partial charge in [-0.3, -0.25) is 14.5 Å². The Kier molecular flexibility index (Phi) is 7.93. The Bertz CT molecular complexity index is 1250. The van der Waals surface area contributed by atoms with Crippen LogP contribution in [0.1, 0.15) is 73.5 Å². The van der Waals surface area contributed by atoms with E-state index in [1.54, 1.807) is 13.2 Å². The maximum atomic E-state index is 13.5. The quantitative estimate of drug-likeness (QED) is 0.461. The summed E-state index contributed by atoms with van der Waals surface area (Å²) >= 11 is 6.46. The monoisotopic (exact) mass is 541 g/mol. The molecule has 0 radical (unpaired) electrons. The number of ether oxygens (including phenoxy) is 1. The molecule has 1 aliphatic heterocycles. The van der Waals surface area contributed by atoms with Crippen LogP contribution >= 0.6 is 11.6 Å². The number of anilines is 1. The number of amides is 3. The number of carbonyl (C=O) groups is 3. The molecule has 2 N–H and O–H groups in total. The molecule has 0 spiro atoms. The van der Waals surface area contributed by atoms with Crippen LogP contribution in [0.25, 0.3) is 0 Å². The fourth-order valence-electron chi connectivity index (χ4n) is 5.46. The van der Waals surface area contributed by atoms with Crippen LogP contribution < -0.4 is 10.1 Å². The first kappa shape index (κ1) is 27.8. The molecule has 3 amide bonds. The molecule has 2 aliphatic rings. The Morgan fingerprint density at radius 3 is 2.45 bits per heavy atom. The van der Waals surface area contributed by atoms with Crippen LogP contribution in [0.4, 0.5) is 10.5 Å². The summed E-state index contributed by atoms with van der Waals surface area (Å²) in [6.07, 6.45) is 1.77. The van der Waals surface area contributed by atoms with Gasteiger partial charge in [-0.05, 0) is 82.2 Å². The summed E-state index contributed by atoms with van der Waals surface area (Å²) in [7, 11) is 1.61. The van der Waals surface area contributed by atoms with Crippen molar-refractivity contribution in [2.24, 2.45) is 5.92 Å². The highest BCUT2D eigenvalue weighted by Gasteiger charge is 2.39. The zero-order chi connectivity index (χ0) is 27.8. The Hall–Kier alpha value is -3.26. The van der Waals surface area contributed by atoms with E-state index in [9.17, 15) is 19.5 Å². The first-order valence-corrected chi connectivity index (χ1v) is 13.4. The number of aryl methyl sites for hydroxylation is 1. The highest BCUT2D eigenvalue weighted by Crippen LogP contribution is 2.38. The van der Waals surface area contributed by atoms with Crippen LogP contribution in [0.15, 0.2) is 30.3 Å². The standard InChI is InChI=1S/C29H36ClN3O5/c1-17-6-10-20(14-24(17)38-5)31-26(34)18-7-11-21(12-8-18)32-16-22-19(9-13-23(30)25(22)27(32)35)15-33(28(36)37)29(2,3)4/h6,9-10,13-14,18,21H,7-8,11-12,15-16H2,1-5H3,(H,31,34)(H,36,37). The lowest BCUT2D eigenvalue weighted by atomic mass is 9.84. The summed E-state index contributed by atoms with van der Waals surface area (Å²) in [4.78, 5) is 41.5. The Balaban J connectivity index is 1.43. The summed E-state index contributed by atoms with van der Waals surface area (Å²) in [6.45, 7) is 8.06. The topological polar surface area (TPSA) is 99.2 Å². The molecule has 4 rings (SSSR count). The lowest BCUT2D eigenvalue weighted by molar-refractivity contribution is -0.121. The van der Waals surface area contributed by atoms with Crippen LogP contribution in [0.3, 0.4) is 0 Å². The van der Waals surface area contributed by atoms with Gasteiger partial charge in [0.25, 0.3) is 5.91 Å². The van der Waals surface area contributed by atoms with Crippen molar-refractivity contribution in [1.29, 1.82) is 0 Å². The third-order valence-electron chi connectivity index (χ3n) is 7.72. The summed E-state index contributed by atoms with van der Waals surface area (Å²) in [5.41, 5.74) is 3.17. The fourth-order valence-corrected chi connectivity index (χ4v) is 5.71. The number of nitrogens with one attached hydrogen (secondary N) is 1. The Labute approximate surface area is 228 Å². The number of hydrogen-bond acceptors (Lipinski definition) is 4. The highest BCUT2D eigenvalue weighted by atomic mass is 35.5. The van der Waals surface area contributed by atoms with E-state index in [0.29, 0.717) is 48.5 Å². The molecular weight excluding hydrogens is 506 g/mol. The van der Waals surface area contributed by atoms with Gasteiger partial charge in [0.15, 0.2) is 0 Å². The molecule has 1 saturated carbocycles. The number of carboxylic acid groups (broad SMARTS) is 1. The number of methoxy groups -OCH3 is 1. The second-order valence-corrected chi connectivity index (χ2v) is 11.6. The zero-order valence-corrected chi connectivity index (χ0v) is 23.4. The minimum Gasteiger partial charge on any atom is -0.496 e. The fraction of sp³-hybridized carbons (Fsp3) is 0.483. The molecule has 0 saturated heterocycles. The van der Waals surface area contributed by atoms with E-state index in [1.807, 2.05) is 56.9 Å². The number of hydrogen-bond donors (Lipinski definition) is 2. The van der Waals surface area contributed by atoms with E-state index in [0.717, 1.165) is 22.4 Å². The van der Waals surface area contributed by atoms with Crippen molar-refractivity contribution >= 4 is 35.2 Å². The minimum atomic E-state index is -1.01. The van der Waals surface area contributed by atoms with E-state index < -0.39 is 11.6 Å². The van der Waals surface area contributed by atoms with Crippen molar-refractivity contribution in [1.82, 2.24) is 9.80 Å². The van der Waals surface area contributed by atoms with E-state index in [2.05, 4.69) is 5.32 Å². The molecule has 0 aromatic heterocycles. The van der Waals surface area contributed by atoms with E-state index >= 15 is 0 Å². The molecule has 2 aromatic carbocycles. The van der Waals surface area contributed by atoms with Crippen LogP contribution in [0.5, 0.6) is 5.75 Å². The molecule has 1 aliphatic carbocycles. The lowest BCUT2D eigenvalue weighted by Gasteiger charge is -2.34. The molecule has 8 nitrogen and oxygen atoms in total. The molecule has 1 fully saturated rings. The summed E-state index contributed by atoms with van der Waals surface area (Å²) < 4.78 is 5.36. The van der Waals surface area contributed by atoms with Crippen LogP contribution in [-0.2, 0) is 17.9 Å². The molecule has 204 valence electrons. The summed E-state index contributed by atoms with van der Waals surface area (Å²) in [5, 5.41) is 13.2. The van der Waals surface area contributed by atoms with Crippen molar-refractivity contribution in [3.63, 3.8) is 0 Å². The smallest absolute Gasteiger partial charge is 0.408 e. The number of fused-ring (bicyclic) bond motifs is 1. The average Bonchev–Trinajstić information content (AvgIpc) is 3.22. The SMILES string of the molecule is COc1cc(NC(=O)C2CCC(N3Cc4c(CN(C(=O)O)C(C)(C)C)ccc(Cl)c4C3=O)CC2)ccc1C. The second kappa shape index (κ2) is 10.8. The first-order valence-electron chi connectivity index (χ1n) is 13.0. The summed E-state index contributed by atoms with van der Waals surface area (Å²) in [6, 6.07) is 9.11. The molecule has 0 atom stereocenters. The first-order chi connectivity index (χ1) is 17.9. The number of nitrogens with zero attached hydrogens (tertiary/aromatic N) is 2. The number of halogens is 1. The number of rotatable bonds is 6. The average molecular weight is 542 g/mol. The van der Waals surface area contributed by atoms with Gasteiger partial charge in [-0.1, -0.05) is 23.7 Å². The molecule has 0 unspecified atom stereocenters. The number of carbonyl (C=O) groups excluding carboxylic acids is 2. The van der Waals surface area contributed by atoms with Crippen molar-refractivity contribution in [2.75, 3.05) is 12.4 Å². The van der Waals surface area contributed by atoms with E-state index in [4.69, 9.17) is 16.3 Å². The zero-order valence-electron chi connectivity index (χ0n) is 22.6. The predicted octanol–water partition coefficient (Wildman–Crippen LogP) is 6.09. The van der Waals surface area contributed by atoms with Gasteiger partial charge in [-0.2, -0.15) is 0 Å². The lowest BCUT2D eigenvalue weighted by Crippen LogP contribution is -2.44. The molecule has 1 heterocycles. The normalized spacial score (nSPS) is 19.2.